The van der Waals surface area contributed by atoms with Crippen molar-refractivity contribution in [3.63, 3.8) is 0 Å². The van der Waals surface area contributed by atoms with E-state index < -0.39 is 6.03 Å². The molecule has 1 aromatic carbocycles. The summed E-state index contributed by atoms with van der Waals surface area (Å²) in [5, 5.41) is 14.4. The Morgan fingerprint density at radius 3 is 2.83 bits per heavy atom. The van der Waals surface area contributed by atoms with Crippen molar-refractivity contribution in [2.24, 2.45) is 5.73 Å². The van der Waals surface area contributed by atoms with Crippen LogP contribution in [-0.2, 0) is 0 Å². The molecular weight excluding hydrogens is 330 g/mol. The van der Waals surface area contributed by atoms with Gasteiger partial charge in [-0.05, 0) is 43.3 Å². The number of carbonyl (C=O) groups excluding carboxylic acids is 1. The first kappa shape index (κ1) is 17.5. The van der Waals surface area contributed by atoms with Crippen molar-refractivity contribution in [2.45, 2.75) is 6.42 Å². The smallest absolute Gasteiger partial charge is 0.324 e. The highest BCUT2D eigenvalue weighted by Crippen LogP contribution is 2.28. The van der Waals surface area contributed by atoms with Crippen LogP contribution in [0.4, 0.5) is 16.3 Å². The molecule has 0 saturated carbocycles. The number of nitrogens with one attached hydrogen (secondary N) is 2. The summed E-state index contributed by atoms with van der Waals surface area (Å²) in [6.07, 6.45) is 2.07. The maximum Gasteiger partial charge on any atom is 0.324 e. The number of amides is 2. The highest BCUT2D eigenvalue weighted by Gasteiger charge is 2.10. The van der Waals surface area contributed by atoms with Crippen LogP contribution in [0.1, 0.15) is 12.0 Å². The maximum absolute atomic E-state index is 12.1. The zero-order valence-electron chi connectivity index (χ0n) is 12.8. The van der Waals surface area contributed by atoms with Crippen molar-refractivity contribution in [2.75, 3.05) is 23.8 Å². The molecule has 4 N–H and O–H groups in total. The van der Waals surface area contributed by atoms with Gasteiger partial charge in [0.25, 0.3) is 0 Å². The Hall–Kier alpha value is -2.82. The van der Waals surface area contributed by atoms with Crippen molar-refractivity contribution in [1.82, 2.24) is 4.98 Å². The lowest BCUT2D eigenvalue weighted by Crippen LogP contribution is -2.20. The first-order chi connectivity index (χ1) is 11.6. The van der Waals surface area contributed by atoms with Gasteiger partial charge in [-0.2, -0.15) is 5.26 Å². The van der Waals surface area contributed by atoms with E-state index in [1.54, 1.807) is 24.3 Å². The summed E-state index contributed by atoms with van der Waals surface area (Å²) in [6.45, 7) is 0.951. The largest absolute Gasteiger partial charge is 0.491 e. The van der Waals surface area contributed by atoms with Gasteiger partial charge < -0.3 is 15.8 Å². The van der Waals surface area contributed by atoms with Crippen LogP contribution in [0.5, 0.6) is 5.75 Å². The van der Waals surface area contributed by atoms with Gasteiger partial charge in [0.15, 0.2) is 0 Å². The lowest BCUT2D eigenvalue weighted by Gasteiger charge is -2.13. The van der Waals surface area contributed by atoms with Crippen LogP contribution in [0.25, 0.3) is 0 Å². The predicted molar refractivity (Wildman–Crippen MR) is 92.2 cm³/mol. The quantitative estimate of drug-likeness (QED) is 0.696. The van der Waals surface area contributed by atoms with Gasteiger partial charge in [-0.3, -0.25) is 5.32 Å². The molecule has 124 valence electrons. The number of aromatic nitrogens is 1. The molecule has 1 heterocycles. The van der Waals surface area contributed by atoms with Crippen molar-refractivity contribution in [3.05, 3.63) is 47.1 Å². The molecule has 0 aliphatic carbocycles. The van der Waals surface area contributed by atoms with E-state index in [1.807, 2.05) is 6.07 Å². The Morgan fingerprint density at radius 2 is 2.17 bits per heavy atom. The van der Waals surface area contributed by atoms with Gasteiger partial charge >= 0.3 is 6.03 Å². The van der Waals surface area contributed by atoms with Crippen LogP contribution in [-0.4, -0.2) is 24.2 Å². The van der Waals surface area contributed by atoms with Crippen molar-refractivity contribution < 1.29 is 9.53 Å². The van der Waals surface area contributed by atoms with Crippen LogP contribution in [0.2, 0.25) is 5.02 Å². The number of pyridine rings is 1. The van der Waals surface area contributed by atoms with Gasteiger partial charge in [0, 0.05) is 11.2 Å². The lowest BCUT2D eigenvalue weighted by atomic mass is 10.3. The summed E-state index contributed by atoms with van der Waals surface area (Å²) in [5.41, 5.74) is 6.28. The molecule has 7 nitrogen and oxygen atoms in total. The molecular formula is C16H16ClN5O2. The predicted octanol–water partition coefficient (Wildman–Crippen LogP) is 2.98. The monoisotopic (exact) mass is 345 g/mol. The van der Waals surface area contributed by atoms with Crippen LogP contribution >= 0.6 is 11.6 Å². The Morgan fingerprint density at radius 1 is 1.33 bits per heavy atom. The normalized spacial score (nSPS) is 9.88. The molecule has 1 aromatic heterocycles. The number of hydrogen-bond acceptors (Lipinski definition) is 5. The van der Waals surface area contributed by atoms with E-state index in [4.69, 9.17) is 27.3 Å². The summed E-state index contributed by atoms with van der Waals surface area (Å²) in [7, 11) is 0. The van der Waals surface area contributed by atoms with Gasteiger partial charge in [0.1, 0.15) is 17.6 Å². The summed E-state index contributed by atoms with van der Waals surface area (Å²) in [6, 6.07) is 9.48. The maximum atomic E-state index is 12.1. The summed E-state index contributed by atoms with van der Waals surface area (Å²) >= 11 is 5.96. The summed E-state index contributed by atoms with van der Waals surface area (Å²) < 4.78 is 5.58. The molecule has 0 unspecified atom stereocenters. The minimum Gasteiger partial charge on any atom is -0.491 e. The standard InChI is InChI=1S/C16H16ClN5O2/c17-12-3-4-14(24-7-1-6-18)13(8-12)21-16(23)22-15-5-2-11(9-19)10-20-15/h2-5,8,10H,1,6-7,18H2,(H2,20,21,22,23). The Balaban J connectivity index is 2.04. The number of carbonyl (C=O) groups is 1. The van der Waals surface area contributed by atoms with E-state index in [-0.39, 0.29) is 0 Å². The molecule has 0 saturated heterocycles. The fourth-order valence-electron chi connectivity index (χ4n) is 1.80. The number of hydrogen-bond donors (Lipinski definition) is 3. The zero-order valence-corrected chi connectivity index (χ0v) is 13.5. The molecule has 2 rings (SSSR count). The number of nitrogens with zero attached hydrogens (tertiary/aromatic N) is 2. The van der Waals surface area contributed by atoms with Gasteiger partial charge in [-0.25, -0.2) is 9.78 Å². The average molecular weight is 346 g/mol. The van der Waals surface area contributed by atoms with E-state index in [9.17, 15) is 4.79 Å². The number of nitriles is 1. The van der Waals surface area contributed by atoms with E-state index >= 15 is 0 Å². The Labute approximate surface area is 144 Å². The molecule has 24 heavy (non-hydrogen) atoms. The third kappa shape index (κ3) is 5.12. The third-order valence-corrected chi connectivity index (χ3v) is 3.17. The highest BCUT2D eigenvalue weighted by molar-refractivity contribution is 6.31. The molecule has 0 fully saturated rings. The third-order valence-electron chi connectivity index (χ3n) is 2.93. The minimum atomic E-state index is -0.502. The van der Waals surface area contributed by atoms with E-state index in [0.717, 1.165) is 0 Å². The first-order valence-corrected chi connectivity index (χ1v) is 7.56. The number of halogens is 1. The zero-order chi connectivity index (χ0) is 17.4. The summed E-state index contributed by atoms with van der Waals surface area (Å²) in [5.74, 6) is 0.815. The Kier molecular flexibility index (Phi) is 6.37. The molecule has 2 amide bonds. The van der Waals surface area contributed by atoms with Crippen molar-refractivity contribution in [3.8, 4) is 11.8 Å². The van der Waals surface area contributed by atoms with E-state index in [1.165, 1.54) is 12.3 Å². The SMILES string of the molecule is N#Cc1ccc(NC(=O)Nc2cc(Cl)ccc2OCCCN)nc1. The average Bonchev–Trinajstić information content (AvgIpc) is 2.57. The molecule has 2 aromatic rings. The number of rotatable bonds is 6. The second-order valence-corrected chi connectivity index (χ2v) is 5.19. The van der Waals surface area contributed by atoms with Crippen LogP contribution in [0, 0.1) is 11.3 Å². The lowest BCUT2D eigenvalue weighted by molar-refractivity contribution is 0.261. The minimum absolute atomic E-state index is 0.319. The van der Waals surface area contributed by atoms with Crippen LogP contribution in [0.15, 0.2) is 36.5 Å². The van der Waals surface area contributed by atoms with Crippen LogP contribution in [0.3, 0.4) is 0 Å². The summed E-state index contributed by atoms with van der Waals surface area (Å²) in [4.78, 5) is 16.1. The number of benzene rings is 1. The fraction of sp³-hybridized carbons (Fsp3) is 0.188. The number of ether oxygens (including phenoxy) is 1. The van der Waals surface area contributed by atoms with Crippen molar-refractivity contribution in [1.29, 1.82) is 5.26 Å². The molecule has 0 spiro atoms. The molecule has 0 aliphatic heterocycles. The molecule has 8 heteroatoms. The topological polar surface area (TPSA) is 113 Å². The second kappa shape index (κ2) is 8.72. The second-order valence-electron chi connectivity index (χ2n) is 4.75. The van der Waals surface area contributed by atoms with E-state index in [2.05, 4.69) is 15.6 Å². The number of nitrogens with two attached hydrogens (primary N) is 1. The number of urea groups is 1. The van der Waals surface area contributed by atoms with Crippen molar-refractivity contribution >= 4 is 29.1 Å². The van der Waals surface area contributed by atoms with Gasteiger partial charge in [-0.1, -0.05) is 11.6 Å². The number of anilines is 2. The first-order valence-electron chi connectivity index (χ1n) is 7.19. The highest BCUT2D eigenvalue weighted by atomic mass is 35.5. The van der Waals surface area contributed by atoms with Gasteiger partial charge in [0.2, 0.25) is 0 Å². The molecule has 0 aliphatic rings. The van der Waals surface area contributed by atoms with Gasteiger partial charge in [-0.15, -0.1) is 0 Å². The Bertz CT molecular complexity index is 743. The van der Waals surface area contributed by atoms with E-state index in [0.29, 0.717) is 47.4 Å². The van der Waals surface area contributed by atoms with Crippen LogP contribution < -0.4 is 21.1 Å². The van der Waals surface area contributed by atoms with Gasteiger partial charge in [0.05, 0.1) is 17.9 Å². The molecule has 0 atom stereocenters. The fourth-order valence-corrected chi connectivity index (χ4v) is 1.97. The molecule has 0 bridgehead atoms. The molecule has 0 radical (unpaired) electrons.